The predicted molar refractivity (Wildman–Crippen MR) is 33.4 cm³/mol. The van der Waals surface area contributed by atoms with E-state index in [1.165, 1.54) is 12.5 Å². The summed E-state index contributed by atoms with van der Waals surface area (Å²) in [5.41, 5.74) is 0.516. The van der Waals surface area contributed by atoms with E-state index >= 15 is 0 Å². The van der Waals surface area contributed by atoms with Crippen LogP contribution in [0.3, 0.4) is 0 Å². The molecule has 11 heavy (non-hydrogen) atoms. The summed E-state index contributed by atoms with van der Waals surface area (Å²) < 4.78 is 0. The molecule has 50 valence electrons. The molecule has 0 aliphatic carbocycles. The number of hydrogen-bond donors (Lipinski definition) is 1. The third-order valence-electron chi connectivity index (χ3n) is 1.32. The van der Waals surface area contributed by atoms with Gasteiger partial charge in [-0.15, -0.1) is 0 Å². The van der Waals surface area contributed by atoms with Gasteiger partial charge in [-0.2, -0.15) is 10.2 Å². The fraction of sp³-hybridized carbons (Fsp3) is 0.200. The number of nitrogens with zero attached hydrogens (tertiary/aromatic N) is 3. The van der Waals surface area contributed by atoms with E-state index in [0.717, 1.165) is 0 Å². The van der Waals surface area contributed by atoms with Crippen molar-refractivity contribution in [3.05, 3.63) is 11.8 Å². The summed E-state index contributed by atoms with van der Waals surface area (Å²) in [7, 11) is 0. The van der Waals surface area contributed by atoms with Gasteiger partial charge in [0, 0.05) is 0 Å². The van der Waals surface area contributed by atoms with Crippen LogP contribution in [0, 0.1) is 0 Å². The number of rotatable bonds is 0. The molecule has 0 bridgehead atoms. The maximum absolute atomic E-state index is 10.9. The molecule has 0 radical (unpaired) electrons. The summed E-state index contributed by atoms with van der Waals surface area (Å²) in [5.74, 6) is -0.162. The first kappa shape index (κ1) is 8.58. The number of carbonyl (C=O) groups excluding carboxylic acids is 1. The van der Waals surface area contributed by atoms with Crippen LogP contribution in [0.1, 0.15) is 0 Å². The zero-order valence-electron chi connectivity index (χ0n) is 5.98. The summed E-state index contributed by atoms with van der Waals surface area (Å²) in [6, 6.07) is 0. The molecule has 1 amide bonds. The summed E-state index contributed by atoms with van der Waals surface area (Å²) in [6.07, 6.45) is 2.39. The molecule has 1 atom stereocenters. The first-order valence-electron chi connectivity index (χ1n) is 2.80. The van der Waals surface area contributed by atoms with Crippen molar-refractivity contribution in [1.29, 1.82) is 0 Å². The SMILES string of the molecule is O=C1NC=NC2N=NC=C12.[Na+]. The van der Waals surface area contributed by atoms with Crippen LogP contribution in [0.25, 0.3) is 0 Å². The monoisotopic (exact) mass is 159 g/mol. The Morgan fingerprint density at radius 3 is 3.09 bits per heavy atom. The summed E-state index contributed by atoms with van der Waals surface area (Å²) >= 11 is 0. The zero-order valence-corrected chi connectivity index (χ0v) is 7.98. The molecular weight excluding hydrogens is 155 g/mol. The number of aliphatic imine (C=N–C) groups is 1. The minimum atomic E-state index is -0.381. The van der Waals surface area contributed by atoms with Crippen LogP contribution in [0.2, 0.25) is 0 Å². The maximum atomic E-state index is 10.9. The molecule has 6 heteroatoms. The average Bonchev–Trinajstić information content (AvgIpc) is 2.36. The Balaban J connectivity index is 0.000000605. The number of nitrogens with one attached hydrogen (secondary N) is 1. The molecule has 0 saturated heterocycles. The maximum Gasteiger partial charge on any atom is 1.00 e. The quantitative estimate of drug-likeness (QED) is 0.372. The minimum absolute atomic E-state index is 0. The number of azo groups is 1. The summed E-state index contributed by atoms with van der Waals surface area (Å²) in [6.45, 7) is 0. The topological polar surface area (TPSA) is 66.2 Å². The van der Waals surface area contributed by atoms with Crippen molar-refractivity contribution in [3.8, 4) is 0 Å². The molecular formula is C5H4N4NaO+. The molecule has 0 fully saturated rings. The van der Waals surface area contributed by atoms with Gasteiger partial charge in [0.1, 0.15) is 0 Å². The van der Waals surface area contributed by atoms with Crippen LogP contribution >= 0.6 is 0 Å². The molecule has 2 rings (SSSR count). The van der Waals surface area contributed by atoms with Gasteiger partial charge in [0.25, 0.3) is 5.91 Å². The van der Waals surface area contributed by atoms with E-state index in [2.05, 4.69) is 20.5 Å². The summed E-state index contributed by atoms with van der Waals surface area (Å²) in [5, 5.41) is 9.68. The molecule has 2 heterocycles. The third-order valence-corrected chi connectivity index (χ3v) is 1.32. The second kappa shape index (κ2) is 3.25. The molecule has 0 aromatic rings. The van der Waals surface area contributed by atoms with Gasteiger partial charge >= 0.3 is 29.6 Å². The van der Waals surface area contributed by atoms with Crippen LogP contribution in [0.15, 0.2) is 27.0 Å². The van der Waals surface area contributed by atoms with E-state index in [9.17, 15) is 4.79 Å². The number of carbonyl (C=O) groups is 1. The number of amides is 1. The van der Waals surface area contributed by atoms with E-state index in [1.54, 1.807) is 0 Å². The van der Waals surface area contributed by atoms with Crippen molar-refractivity contribution in [2.24, 2.45) is 15.2 Å². The predicted octanol–water partition coefficient (Wildman–Crippen LogP) is -3.18. The Morgan fingerprint density at radius 2 is 2.36 bits per heavy atom. The molecule has 0 aromatic carbocycles. The second-order valence-electron chi connectivity index (χ2n) is 1.94. The third kappa shape index (κ3) is 1.40. The van der Waals surface area contributed by atoms with Gasteiger partial charge < -0.3 is 5.32 Å². The molecule has 0 saturated carbocycles. The molecule has 5 nitrogen and oxygen atoms in total. The molecule has 1 unspecified atom stereocenters. The molecule has 1 N–H and O–H groups in total. The van der Waals surface area contributed by atoms with Gasteiger partial charge in [-0.1, -0.05) is 0 Å². The van der Waals surface area contributed by atoms with Crippen molar-refractivity contribution in [3.63, 3.8) is 0 Å². The fourth-order valence-electron chi connectivity index (χ4n) is 0.823. The summed E-state index contributed by atoms with van der Waals surface area (Å²) in [4.78, 5) is 14.7. The van der Waals surface area contributed by atoms with Crippen LogP contribution in [-0.2, 0) is 4.79 Å². The molecule has 0 spiro atoms. The van der Waals surface area contributed by atoms with E-state index in [4.69, 9.17) is 0 Å². The van der Waals surface area contributed by atoms with Crippen molar-refractivity contribution >= 4 is 12.2 Å². The van der Waals surface area contributed by atoms with Crippen LogP contribution < -0.4 is 34.9 Å². The van der Waals surface area contributed by atoms with Crippen molar-refractivity contribution < 1.29 is 34.4 Å². The largest absolute Gasteiger partial charge is 1.00 e. The second-order valence-corrected chi connectivity index (χ2v) is 1.94. The Bertz CT molecular complexity index is 270. The van der Waals surface area contributed by atoms with E-state index in [1.807, 2.05) is 0 Å². The van der Waals surface area contributed by atoms with E-state index in [0.29, 0.717) is 5.57 Å². The van der Waals surface area contributed by atoms with Crippen molar-refractivity contribution in [1.82, 2.24) is 5.32 Å². The van der Waals surface area contributed by atoms with Crippen LogP contribution in [-0.4, -0.2) is 18.4 Å². The van der Waals surface area contributed by atoms with E-state index < -0.39 is 0 Å². The van der Waals surface area contributed by atoms with Crippen LogP contribution in [0.4, 0.5) is 0 Å². The Morgan fingerprint density at radius 1 is 1.55 bits per heavy atom. The van der Waals surface area contributed by atoms with E-state index in [-0.39, 0.29) is 41.6 Å². The van der Waals surface area contributed by atoms with Gasteiger partial charge in [0.05, 0.1) is 18.1 Å². The first-order chi connectivity index (χ1) is 4.88. The molecule has 0 aromatic heterocycles. The standard InChI is InChI=1S/C5H4N4O.Na/c10-5-3-1-8-9-4(3)6-2-7-5;/h1-2,4H,(H,6,7,10);/q;+1. The fourth-order valence-corrected chi connectivity index (χ4v) is 0.823. The number of fused-ring (bicyclic) bond motifs is 1. The Labute approximate surface area is 85.0 Å². The van der Waals surface area contributed by atoms with Gasteiger partial charge in [0.2, 0.25) is 0 Å². The van der Waals surface area contributed by atoms with Crippen LogP contribution in [0.5, 0.6) is 0 Å². The molecule has 2 aliphatic heterocycles. The van der Waals surface area contributed by atoms with Gasteiger partial charge in [-0.25, -0.2) is 4.99 Å². The van der Waals surface area contributed by atoms with Gasteiger partial charge in [-0.05, 0) is 0 Å². The average molecular weight is 159 g/mol. The van der Waals surface area contributed by atoms with Crippen molar-refractivity contribution in [2.45, 2.75) is 6.17 Å². The Hall–Kier alpha value is -0.520. The van der Waals surface area contributed by atoms with Gasteiger partial charge in [0.15, 0.2) is 6.17 Å². The first-order valence-corrected chi connectivity index (χ1v) is 2.80. The Kier molecular flexibility index (Phi) is 2.53. The molecule has 2 aliphatic rings. The minimum Gasteiger partial charge on any atom is -0.313 e. The normalized spacial score (nSPS) is 25.3. The van der Waals surface area contributed by atoms with Gasteiger partial charge in [-0.3, -0.25) is 4.79 Å². The van der Waals surface area contributed by atoms with Crippen molar-refractivity contribution in [2.75, 3.05) is 0 Å². The smallest absolute Gasteiger partial charge is 0.313 e. The number of hydrogen-bond acceptors (Lipinski definition) is 4. The zero-order chi connectivity index (χ0) is 6.97.